The van der Waals surface area contributed by atoms with Crippen molar-refractivity contribution >= 4 is 44.3 Å². The Bertz CT molecular complexity index is 953. The van der Waals surface area contributed by atoms with E-state index in [-0.39, 0.29) is 0 Å². The molecule has 0 atom stereocenters. The highest BCUT2D eigenvalue weighted by Gasteiger charge is 2.12. The quantitative estimate of drug-likeness (QED) is 0.466. The fraction of sp³-hybridized carbons (Fsp3) is 0.0588. The molecule has 0 unspecified atom stereocenters. The van der Waals surface area contributed by atoms with Gasteiger partial charge in [0.2, 0.25) is 0 Å². The molecule has 2 nitrogen and oxygen atoms in total. The highest BCUT2D eigenvalue weighted by atomic mass is 35.5. The molecule has 1 heterocycles. The molecule has 0 fully saturated rings. The Morgan fingerprint density at radius 3 is 2.70 bits per heavy atom. The lowest BCUT2D eigenvalue weighted by Gasteiger charge is -2.02. The summed E-state index contributed by atoms with van der Waals surface area (Å²) in [5.41, 5.74) is 1.66. The minimum absolute atomic E-state index is 0.712. The van der Waals surface area contributed by atoms with Crippen LogP contribution in [0.2, 0.25) is 5.02 Å². The Kier molecular flexibility index (Phi) is 2.41. The Morgan fingerprint density at radius 1 is 1.00 bits per heavy atom. The Labute approximate surface area is 120 Å². The fourth-order valence-corrected chi connectivity index (χ4v) is 2.93. The zero-order valence-corrected chi connectivity index (χ0v) is 11.6. The zero-order chi connectivity index (χ0) is 13.7. The maximum atomic E-state index is 6.30. The van der Waals surface area contributed by atoms with Crippen molar-refractivity contribution in [3.8, 4) is 5.75 Å². The molecule has 0 spiro atoms. The van der Waals surface area contributed by atoms with E-state index < -0.39 is 0 Å². The third kappa shape index (κ3) is 1.52. The lowest BCUT2D eigenvalue weighted by atomic mass is 10.1. The van der Waals surface area contributed by atoms with Gasteiger partial charge < -0.3 is 9.15 Å². The number of methoxy groups -OCH3 is 1. The van der Waals surface area contributed by atoms with Crippen LogP contribution in [-0.2, 0) is 0 Å². The molecule has 1 aromatic heterocycles. The lowest BCUT2D eigenvalue weighted by molar-refractivity contribution is 0.415. The van der Waals surface area contributed by atoms with Gasteiger partial charge in [-0.1, -0.05) is 29.8 Å². The molecule has 4 aromatic rings. The van der Waals surface area contributed by atoms with Gasteiger partial charge in [0, 0.05) is 16.2 Å². The lowest BCUT2D eigenvalue weighted by Crippen LogP contribution is -1.82. The van der Waals surface area contributed by atoms with E-state index in [0.29, 0.717) is 5.02 Å². The molecule has 4 rings (SSSR count). The summed E-state index contributed by atoms with van der Waals surface area (Å²) in [6.45, 7) is 0. The van der Waals surface area contributed by atoms with Crippen LogP contribution in [-0.4, -0.2) is 7.11 Å². The molecule has 0 amide bonds. The van der Waals surface area contributed by atoms with Crippen LogP contribution in [0.4, 0.5) is 0 Å². The van der Waals surface area contributed by atoms with Crippen molar-refractivity contribution in [2.45, 2.75) is 0 Å². The van der Waals surface area contributed by atoms with E-state index in [4.69, 9.17) is 20.8 Å². The highest BCUT2D eigenvalue weighted by molar-refractivity contribution is 6.38. The molecule has 0 bridgehead atoms. The number of benzene rings is 3. The summed E-state index contributed by atoms with van der Waals surface area (Å²) in [6, 6.07) is 15.8. The monoisotopic (exact) mass is 282 g/mol. The first-order chi connectivity index (χ1) is 9.78. The van der Waals surface area contributed by atoms with E-state index in [1.54, 1.807) is 7.11 Å². The van der Waals surface area contributed by atoms with Crippen molar-refractivity contribution in [2.75, 3.05) is 7.11 Å². The first-order valence-electron chi connectivity index (χ1n) is 6.35. The molecule has 3 heteroatoms. The molecule has 0 saturated heterocycles. The normalized spacial score (nSPS) is 11.5. The minimum Gasteiger partial charge on any atom is -0.497 e. The second-order valence-electron chi connectivity index (χ2n) is 4.74. The van der Waals surface area contributed by atoms with Crippen molar-refractivity contribution < 1.29 is 9.15 Å². The molecule has 0 saturated carbocycles. The number of ether oxygens (including phenoxy) is 1. The SMILES string of the molecule is COc1ccc2ccc3c(oc4cccc(Cl)c43)c2c1. The van der Waals surface area contributed by atoms with Gasteiger partial charge in [-0.2, -0.15) is 0 Å². The average molecular weight is 283 g/mol. The number of fused-ring (bicyclic) bond motifs is 5. The van der Waals surface area contributed by atoms with E-state index in [0.717, 1.165) is 38.5 Å². The highest BCUT2D eigenvalue weighted by Crippen LogP contribution is 2.38. The van der Waals surface area contributed by atoms with Crippen LogP contribution in [0.1, 0.15) is 0 Å². The summed E-state index contributed by atoms with van der Waals surface area (Å²) in [7, 11) is 1.66. The standard InChI is InChI=1S/C17H11ClO2/c1-19-11-7-5-10-6-8-12-16-14(18)3-2-4-15(16)20-17(12)13(10)9-11/h2-9H,1H3. The van der Waals surface area contributed by atoms with Gasteiger partial charge in [0.1, 0.15) is 16.9 Å². The Balaban J connectivity index is 2.24. The van der Waals surface area contributed by atoms with Gasteiger partial charge in [-0.15, -0.1) is 0 Å². The maximum absolute atomic E-state index is 6.30. The zero-order valence-electron chi connectivity index (χ0n) is 10.8. The van der Waals surface area contributed by atoms with Crippen LogP contribution in [0.5, 0.6) is 5.75 Å². The molecule has 0 aliphatic rings. The van der Waals surface area contributed by atoms with Gasteiger partial charge in [0.15, 0.2) is 0 Å². The van der Waals surface area contributed by atoms with E-state index in [9.17, 15) is 0 Å². The van der Waals surface area contributed by atoms with Crippen LogP contribution >= 0.6 is 11.6 Å². The van der Waals surface area contributed by atoms with E-state index in [1.807, 2.05) is 36.4 Å². The van der Waals surface area contributed by atoms with E-state index >= 15 is 0 Å². The summed E-state index contributed by atoms with van der Waals surface area (Å²) in [5.74, 6) is 0.816. The van der Waals surface area contributed by atoms with Crippen LogP contribution in [0.25, 0.3) is 32.7 Å². The van der Waals surface area contributed by atoms with Crippen LogP contribution < -0.4 is 4.74 Å². The first kappa shape index (κ1) is 11.6. The summed E-state index contributed by atoms with van der Waals surface area (Å²) < 4.78 is 11.3. The van der Waals surface area contributed by atoms with Crippen molar-refractivity contribution in [1.82, 2.24) is 0 Å². The Morgan fingerprint density at radius 2 is 1.85 bits per heavy atom. The molecule has 3 aromatic carbocycles. The van der Waals surface area contributed by atoms with Gasteiger partial charge >= 0.3 is 0 Å². The molecular formula is C17H11ClO2. The molecule has 0 aliphatic heterocycles. The molecule has 98 valence electrons. The second-order valence-corrected chi connectivity index (χ2v) is 5.15. The number of halogens is 1. The van der Waals surface area contributed by atoms with Crippen LogP contribution in [0.15, 0.2) is 52.9 Å². The summed E-state index contributed by atoms with van der Waals surface area (Å²) >= 11 is 6.30. The Hall–Kier alpha value is -2.19. The summed E-state index contributed by atoms with van der Waals surface area (Å²) in [4.78, 5) is 0. The predicted molar refractivity (Wildman–Crippen MR) is 82.8 cm³/mol. The number of rotatable bonds is 1. The van der Waals surface area contributed by atoms with Crippen molar-refractivity contribution in [2.24, 2.45) is 0 Å². The summed E-state index contributed by atoms with van der Waals surface area (Å²) in [5, 5.41) is 4.87. The van der Waals surface area contributed by atoms with Crippen molar-refractivity contribution in [3.05, 3.63) is 53.6 Å². The second kappa shape index (κ2) is 4.15. The topological polar surface area (TPSA) is 22.4 Å². The van der Waals surface area contributed by atoms with Gasteiger partial charge in [-0.25, -0.2) is 0 Å². The first-order valence-corrected chi connectivity index (χ1v) is 6.73. The maximum Gasteiger partial charge on any atom is 0.143 e. The predicted octanol–water partition coefficient (Wildman–Crippen LogP) is 5.40. The smallest absolute Gasteiger partial charge is 0.143 e. The van der Waals surface area contributed by atoms with Gasteiger partial charge in [0.25, 0.3) is 0 Å². The average Bonchev–Trinajstić information content (AvgIpc) is 2.87. The summed E-state index contributed by atoms with van der Waals surface area (Å²) in [6.07, 6.45) is 0. The largest absolute Gasteiger partial charge is 0.497 e. The molecule has 0 aliphatic carbocycles. The molecule has 0 N–H and O–H groups in total. The van der Waals surface area contributed by atoms with Gasteiger partial charge in [0.05, 0.1) is 12.1 Å². The number of hydrogen-bond donors (Lipinski definition) is 0. The van der Waals surface area contributed by atoms with Crippen LogP contribution in [0, 0.1) is 0 Å². The fourth-order valence-electron chi connectivity index (χ4n) is 2.67. The van der Waals surface area contributed by atoms with Crippen LogP contribution in [0.3, 0.4) is 0 Å². The van der Waals surface area contributed by atoms with Gasteiger partial charge in [-0.3, -0.25) is 0 Å². The minimum atomic E-state index is 0.712. The molecular weight excluding hydrogens is 272 g/mol. The van der Waals surface area contributed by atoms with Crippen molar-refractivity contribution in [1.29, 1.82) is 0 Å². The number of hydrogen-bond acceptors (Lipinski definition) is 2. The third-order valence-corrected chi connectivity index (χ3v) is 3.95. The van der Waals surface area contributed by atoms with E-state index in [2.05, 4.69) is 12.1 Å². The van der Waals surface area contributed by atoms with Gasteiger partial charge in [-0.05, 0) is 35.7 Å². The van der Waals surface area contributed by atoms with E-state index in [1.165, 1.54) is 0 Å². The molecule has 0 radical (unpaired) electrons. The van der Waals surface area contributed by atoms with Crippen molar-refractivity contribution in [3.63, 3.8) is 0 Å². The number of furan rings is 1. The molecule has 20 heavy (non-hydrogen) atoms. The third-order valence-electron chi connectivity index (χ3n) is 3.64.